The summed E-state index contributed by atoms with van der Waals surface area (Å²) in [6.07, 6.45) is 2.08. The number of carbonyl (C=O) groups is 1. The van der Waals surface area contributed by atoms with E-state index >= 15 is 0 Å². The Morgan fingerprint density at radius 2 is 1.96 bits per heavy atom. The zero-order valence-corrected chi connectivity index (χ0v) is 15.8. The number of esters is 1. The summed E-state index contributed by atoms with van der Waals surface area (Å²) in [6, 6.07) is 11.0. The maximum atomic E-state index is 11.2. The van der Waals surface area contributed by atoms with Crippen molar-refractivity contribution < 1.29 is 19.4 Å². The molecule has 0 saturated heterocycles. The fraction of sp³-hybridized carbons (Fsp3) is 0.300. The van der Waals surface area contributed by atoms with Gasteiger partial charge in [-0.1, -0.05) is 36.8 Å². The average molecular weight is 382 g/mol. The van der Waals surface area contributed by atoms with Gasteiger partial charge in [-0.25, -0.2) is 0 Å². The second-order valence-corrected chi connectivity index (χ2v) is 6.33. The van der Waals surface area contributed by atoms with Gasteiger partial charge in [0.05, 0.1) is 0 Å². The van der Waals surface area contributed by atoms with Crippen LogP contribution in [0.4, 0.5) is 0 Å². The first-order valence-corrected chi connectivity index (χ1v) is 9.03. The molecule has 0 fully saturated rings. The van der Waals surface area contributed by atoms with E-state index in [9.17, 15) is 9.90 Å². The maximum Gasteiger partial charge on any atom is 0.308 e. The maximum absolute atomic E-state index is 11.2. The molecule has 1 aromatic heterocycles. The normalized spacial score (nSPS) is 10.6. The van der Waals surface area contributed by atoms with Gasteiger partial charge in [0.2, 0.25) is 0 Å². The number of ether oxygens (including phenoxy) is 2. The fourth-order valence-electron chi connectivity index (χ4n) is 2.86. The standard InChI is InChI=1S/C20H22N4O4/c1-3-4-17-15(7-10-18(20(17)26)28-13(2)25)12-27-16-8-5-14(6-9-16)11-19-21-23-24-22-19/h5-10,26H,3-4,11-12H2,1-2H3,(H,21,22,23,24). The first kappa shape index (κ1) is 19.3. The highest BCUT2D eigenvalue weighted by Gasteiger charge is 2.15. The molecule has 3 aromatic rings. The van der Waals surface area contributed by atoms with Gasteiger partial charge in [0.1, 0.15) is 12.4 Å². The van der Waals surface area contributed by atoms with Crippen LogP contribution in [0.2, 0.25) is 0 Å². The van der Waals surface area contributed by atoms with Gasteiger partial charge in [-0.05, 0) is 35.7 Å². The van der Waals surface area contributed by atoms with E-state index in [4.69, 9.17) is 9.47 Å². The molecule has 1 heterocycles. The predicted molar refractivity (Wildman–Crippen MR) is 101 cm³/mol. The molecular weight excluding hydrogens is 360 g/mol. The molecule has 0 aliphatic rings. The minimum absolute atomic E-state index is 0.00592. The molecule has 2 N–H and O–H groups in total. The number of hydrogen-bond acceptors (Lipinski definition) is 7. The van der Waals surface area contributed by atoms with E-state index in [1.807, 2.05) is 37.3 Å². The Kier molecular flexibility index (Phi) is 6.21. The largest absolute Gasteiger partial charge is 0.504 e. The Morgan fingerprint density at radius 3 is 2.61 bits per heavy atom. The number of aromatic amines is 1. The first-order valence-electron chi connectivity index (χ1n) is 9.03. The number of nitrogens with zero attached hydrogens (tertiary/aromatic N) is 3. The Labute approximate surface area is 162 Å². The zero-order valence-electron chi connectivity index (χ0n) is 15.8. The van der Waals surface area contributed by atoms with Crippen LogP contribution in [0.1, 0.15) is 42.8 Å². The van der Waals surface area contributed by atoms with Gasteiger partial charge in [0, 0.05) is 18.9 Å². The highest BCUT2D eigenvalue weighted by atomic mass is 16.5. The van der Waals surface area contributed by atoms with Crippen LogP contribution in [0.25, 0.3) is 0 Å². The quantitative estimate of drug-likeness (QED) is 0.455. The van der Waals surface area contributed by atoms with E-state index in [1.165, 1.54) is 6.92 Å². The van der Waals surface area contributed by atoms with Crippen LogP contribution < -0.4 is 9.47 Å². The lowest BCUT2D eigenvalue weighted by atomic mass is 10.0. The zero-order chi connectivity index (χ0) is 19.9. The van der Waals surface area contributed by atoms with Crippen molar-refractivity contribution in [2.24, 2.45) is 0 Å². The Bertz CT molecular complexity index is 924. The van der Waals surface area contributed by atoms with Crippen molar-refractivity contribution in [1.82, 2.24) is 20.6 Å². The summed E-state index contributed by atoms with van der Waals surface area (Å²) >= 11 is 0. The van der Waals surface area contributed by atoms with Crippen molar-refractivity contribution in [3.63, 3.8) is 0 Å². The highest BCUT2D eigenvalue weighted by molar-refractivity contribution is 5.71. The molecule has 8 heteroatoms. The molecule has 8 nitrogen and oxygen atoms in total. The summed E-state index contributed by atoms with van der Waals surface area (Å²) < 4.78 is 10.9. The lowest BCUT2D eigenvalue weighted by molar-refractivity contribution is -0.132. The van der Waals surface area contributed by atoms with Crippen LogP contribution >= 0.6 is 0 Å². The van der Waals surface area contributed by atoms with Crippen LogP contribution in [-0.4, -0.2) is 31.7 Å². The molecule has 28 heavy (non-hydrogen) atoms. The summed E-state index contributed by atoms with van der Waals surface area (Å²) in [4.78, 5) is 11.2. The van der Waals surface area contributed by atoms with Crippen LogP contribution in [0.15, 0.2) is 36.4 Å². The van der Waals surface area contributed by atoms with E-state index in [0.717, 1.165) is 23.1 Å². The van der Waals surface area contributed by atoms with Crippen LogP contribution in [0.3, 0.4) is 0 Å². The first-order chi connectivity index (χ1) is 13.6. The Hall–Kier alpha value is -3.42. The summed E-state index contributed by atoms with van der Waals surface area (Å²) in [7, 11) is 0. The second-order valence-electron chi connectivity index (χ2n) is 6.33. The van der Waals surface area contributed by atoms with Gasteiger partial charge in [-0.3, -0.25) is 4.79 Å². The molecular formula is C20H22N4O4. The van der Waals surface area contributed by atoms with Gasteiger partial charge in [-0.15, -0.1) is 10.2 Å². The summed E-state index contributed by atoms with van der Waals surface area (Å²) in [5.74, 6) is 1.03. The van der Waals surface area contributed by atoms with Crippen molar-refractivity contribution in [1.29, 1.82) is 0 Å². The number of rotatable bonds is 8. The Morgan fingerprint density at radius 1 is 1.18 bits per heavy atom. The molecule has 0 radical (unpaired) electrons. The van der Waals surface area contributed by atoms with Gasteiger partial charge in [0.15, 0.2) is 17.3 Å². The second kappa shape index (κ2) is 8.98. The number of carbonyl (C=O) groups excluding carboxylic acids is 1. The van der Waals surface area contributed by atoms with Crippen LogP contribution in [-0.2, 0) is 24.2 Å². The number of phenols is 1. The third kappa shape index (κ3) is 4.85. The summed E-state index contributed by atoms with van der Waals surface area (Å²) in [5, 5.41) is 24.3. The van der Waals surface area contributed by atoms with E-state index < -0.39 is 5.97 Å². The van der Waals surface area contributed by atoms with Crippen LogP contribution in [0, 0.1) is 0 Å². The molecule has 0 saturated carbocycles. The molecule has 0 amide bonds. The SMILES string of the molecule is CCCc1c(COc2ccc(Cc3nn[nH]n3)cc2)ccc(OC(C)=O)c1O. The van der Waals surface area contributed by atoms with Crippen molar-refractivity contribution in [3.05, 3.63) is 58.9 Å². The topological polar surface area (TPSA) is 110 Å². The molecule has 146 valence electrons. The average Bonchev–Trinajstić information content (AvgIpc) is 3.18. The number of aromatic nitrogens is 4. The smallest absolute Gasteiger partial charge is 0.308 e. The molecule has 2 aromatic carbocycles. The van der Waals surface area contributed by atoms with E-state index in [0.29, 0.717) is 31.0 Å². The minimum atomic E-state index is -0.470. The molecule has 0 atom stereocenters. The van der Waals surface area contributed by atoms with E-state index in [1.54, 1.807) is 6.07 Å². The van der Waals surface area contributed by atoms with Crippen molar-refractivity contribution >= 4 is 5.97 Å². The molecule has 0 bridgehead atoms. The molecule has 3 rings (SSSR count). The molecule has 0 unspecified atom stereocenters. The minimum Gasteiger partial charge on any atom is -0.504 e. The number of benzene rings is 2. The van der Waals surface area contributed by atoms with Gasteiger partial charge in [-0.2, -0.15) is 5.21 Å². The van der Waals surface area contributed by atoms with E-state index in [-0.39, 0.29) is 11.5 Å². The number of aromatic hydroxyl groups is 1. The van der Waals surface area contributed by atoms with Gasteiger partial charge < -0.3 is 14.6 Å². The van der Waals surface area contributed by atoms with Crippen LogP contribution in [0.5, 0.6) is 17.2 Å². The lowest BCUT2D eigenvalue weighted by Crippen LogP contribution is -2.05. The lowest BCUT2D eigenvalue weighted by Gasteiger charge is -2.15. The van der Waals surface area contributed by atoms with E-state index in [2.05, 4.69) is 20.6 Å². The molecule has 0 spiro atoms. The molecule has 0 aliphatic carbocycles. The number of H-pyrrole nitrogens is 1. The van der Waals surface area contributed by atoms with Gasteiger partial charge in [0.25, 0.3) is 0 Å². The number of phenolic OH excluding ortho intramolecular Hbond substituents is 1. The third-order valence-electron chi connectivity index (χ3n) is 4.17. The summed E-state index contributed by atoms with van der Waals surface area (Å²) in [5.41, 5.74) is 2.63. The van der Waals surface area contributed by atoms with Crippen molar-refractivity contribution in [2.75, 3.05) is 0 Å². The number of nitrogens with one attached hydrogen (secondary N) is 1. The highest BCUT2D eigenvalue weighted by Crippen LogP contribution is 2.34. The predicted octanol–water partition coefficient (Wildman–Crippen LogP) is 2.95. The van der Waals surface area contributed by atoms with Crippen molar-refractivity contribution in [3.8, 4) is 17.2 Å². The monoisotopic (exact) mass is 382 g/mol. The number of tetrazole rings is 1. The van der Waals surface area contributed by atoms with Crippen molar-refractivity contribution in [2.45, 2.75) is 39.7 Å². The Balaban J connectivity index is 1.69. The summed E-state index contributed by atoms with van der Waals surface area (Å²) in [6.45, 7) is 3.62. The van der Waals surface area contributed by atoms with Gasteiger partial charge >= 0.3 is 5.97 Å². The molecule has 0 aliphatic heterocycles. The third-order valence-corrected chi connectivity index (χ3v) is 4.17. The fourth-order valence-corrected chi connectivity index (χ4v) is 2.86. The number of hydrogen-bond donors (Lipinski definition) is 2.